The van der Waals surface area contributed by atoms with E-state index in [1.54, 1.807) is 12.1 Å². The molecule has 5 nitrogen and oxygen atoms in total. The Morgan fingerprint density at radius 1 is 1.24 bits per heavy atom. The molecular weight excluding hydrogens is 401 g/mol. The largest absolute Gasteiger partial charge is 0.435 e. The van der Waals surface area contributed by atoms with Crippen molar-refractivity contribution >= 4 is 27.7 Å². The lowest BCUT2D eigenvalue weighted by atomic mass is 10.1. The Morgan fingerprint density at radius 2 is 2.00 bits per heavy atom. The average molecular weight is 417 g/mol. The van der Waals surface area contributed by atoms with Crippen molar-refractivity contribution in [2.45, 2.75) is 44.8 Å². The number of anilines is 1. The minimum Gasteiger partial charge on any atom is -0.309 e. The van der Waals surface area contributed by atoms with Gasteiger partial charge in [-0.1, -0.05) is 6.42 Å². The van der Waals surface area contributed by atoms with E-state index in [1.807, 2.05) is 0 Å². The van der Waals surface area contributed by atoms with Crippen LogP contribution in [0, 0.1) is 0 Å². The van der Waals surface area contributed by atoms with E-state index in [0.29, 0.717) is 30.8 Å². The number of pyridine rings is 1. The summed E-state index contributed by atoms with van der Waals surface area (Å²) in [5.41, 5.74) is -0.109. The van der Waals surface area contributed by atoms with Crippen LogP contribution in [0.2, 0.25) is 0 Å². The SMILES string of the molecule is O=C(Cn1nc(C(F)(F)F)c2c1CCCCC2)Nc1ccc(Br)cn1. The monoisotopic (exact) mass is 416 g/mol. The van der Waals surface area contributed by atoms with Crippen molar-refractivity contribution in [2.75, 3.05) is 5.32 Å². The standard InChI is InChI=1S/C16H16BrF3N4O/c17-10-6-7-13(21-8-10)22-14(25)9-24-12-5-3-1-2-4-11(12)15(23-24)16(18,19)20/h6-8H,1-5,9H2,(H,21,22,25). The Hall–Kier alpha value is -1.90. The number of rotatable bonds is 3. The van der Waals surface area contributed by atoms with E-state index >= 15 is 0 Å². The number of fused-ring (bicyclic) bond motifs is 1. The second-order valence-corrected chi connectivity index (χ2v) is 6.82. The van der Waals surface area contributed by atoms with Gasteiger partial charge in [0.1, 0.15) is 12.4 Å². The molecule has 1 N–H and O–H groups in total. The highest BCUT2D eigenvalue weighted by atomic mass is 79.9. The van der Waals surface area contributed by atoms with Crippen molar-refractivity contribution in [1.82, 2.24) is 14.8 Å². The first-order valence-electron chi connectivity index (χ1n) is 7.92. The molecule has 1 amide bonds. The van der Waals surface area contributed by atoms with Crippen molar-refractivity contribution in [2.24, 2.45) is 0 Å². The number of amides is 1. The van der Waals surface area contributed by atoms with Crippen LogP contribution in [0.15, 0.2) is 22.8 Å². The zero-order valence-electron chi connectivity index (χ0n) is 13.2. The maximum absolute atomic E-state index is 13.3. The summed E-state index contributed by atoms with van der Waals surface area (Å²) in [6.07, 6.45) is 0.243. The van der Waals surface area contributed by atoms with Gasteiger partial charge < -0.3 is 5.32 Å². The van der Waals surface area contributed by atoms with Crippen LogP contribution < -0.4 is 5.32 Å². The Labute approximate surface area is 150 Å². The molecule has 134 valence electrons. The third-order valence-electron chi connectivity index (χ3n) is 4.06. The third kappa shape index (κ3) is 4.20. The minimum absolute atomic E-state index is 0.236. The van der Waals surface area contributed by atoms with Crippen LogP contribution in [0.3, 0.4) is 0 Å². The molecular formula is C16H16BrF3N4O. The van der Waals surface area contributed by atoms with Gasteiger partial charge in [-0.3, -0.25) is 9.48 Å². The van der Waals surface area contributed by atoms with E-state index in [1.165, 1.54) is 10.9 Å². The van der Waals surface area contributed by atoms with E-state index in [9.17, 15) is 18.0 Å². The van der Waals surface area contributed by atoms with Crippen LogP contribution in [0.4, 0.5) is 19.0 Å². The number of alkyl halides is 3. The molecule has 0 saturated heterocycles. The van der Waals surface area contributed by atoms with E-state index in [4.69, 9.17) is 0 Å². The number of hydrogen-bond acceptors (Lipinski definition) is 3. The summed E-state index contributed by atoms with van der Waals surface area (Å²) in [5, 5.41) is 6.28. The number of hydrogen-bond donors (Lipinski definition) is 1. The smallest absolute Gasteiger partial charge is 0.309 e. The minimum atomic E-state index is -4.51. The molecule has 0 bridgehead atoms. The average Bonchev–Trinajstić information content (AvgIpc) is 2.73. The van der Waals surface area contributed by atoms with Crippen LogP contribution in [0.25, 0.3) is 0 Å². The first-order chi connectivity index (χ1) is 11.8. The summed E-state index contributed by atoms with van der Waals surface area (Å²) in [4.78, 5) is 16.2. The second kappa shape index (κ2) is 7.15. The van der Waals surface area contributed by atoms with Gasteiger partial charge in [0.25, 0.3) is 0 Å². The topological polar surface area (TPSA) is 59.8 Å². The fraction of sp³-hybridized carbons (Fsp3) is 0.438. The fourth-order valence-corrected chi connectivity index (χ4v) is 3.21. The summed E-state index contributed by atoms with van der Waals surface area (Å²) in [6, 6.07) is 3.32. The Balaban J connectivity index is 1.83. The highest BCUT2D eigenvalue weighted by Crippen LogP contribution is 2.35. The van der Waals surface area contributed by atoms with E-state index in [2.05, 4.69) is 31.3 Å². The van der Waals surface area contributed by atoms with Gasteiger partial charge in [0, 0.05) is 21.9 Å². The van der Waals surface area contributed by atoms with Gasteiger partial charge >= 0.3 is 6.18 Å². The number of nitrogens with zero attached hydrogens (tertiary/aromatic N) is 3. The molecule has 0 radical (unpaired) electrons. The fourth-order valence-electron chi connectivity index (χ4n) is 2.97. The molecule has 2 heterocycles. The van der Waals surface area contributed by atoms with Crippen LogP contribution in [0.5, 0.6) is 0 Å². The molecule has 0 aromatic carbocycles. The molecule has 1 aliphatic rings. The van der Waals surface area contributed by atoms with Gasteiger partial charge in [0.05, 0.1) is 0 Å². The second-order valence-electron chi connectivity index (χ2n) is 5.90. The highest BCUT2D eigenvalue weighted by Gasteiger charge is 2.39. The van der Waals surface area contributed by atoms with Crippen LogP contribution in [-0.2, 0) is 30.4 Å². The molecule has 0 unspecified atom stereocenters. The van der Waals surface area contributed by atoms with E-state index in [-0.39, 0.29) is 12.1 Å². The van der Waals surface area contributed by atoms with Crippen molar-refractivity contribution in [3.8, 4) is 0 Å². The van der Waals surface area contributed by atoms with Crippen molar-refractivity contribution in [1.29, 1.82) is 0 Å². The van der Waals surface area contributed by atoms with Gasteiger partial charge in [-0.2, -0.15) is 18.3 Å². The van der Waals surface area contributed by atoms with Gasteiger partial charge in [-0.15, -0.1) is 0 Å². The maximum atomic E-state index is 13.3. The molecule has 3 rings (SSSR count). The van der Waals surface area contributed by atoms with Gasteiger partial charge in [0.15, 0.2) is 5.69 Å². The molecule has 2 aromatic rings. The number of aromatic nitrogens is 3. The number of carbonyl (C=O) groups is 1. The first kappa shape index (κ1) is 17.9. The van der Waals surface area contributed by atoms with Crippen LogP contribution >= 0.6 is 15.9 Å². The lowest BCUT2D eigenvalue weighted by Gasteiger charge is -2.08. The zero-order valence-corrected chi connectivity index (χ0v) is 14.8. The number of nitrogens with one attached hydrogen (secondary N) is 1. The summed E-state index contributed by atoms with van der Waals surface area (Å²) in [7, 11) is 0. The van der Waals surface area contributed by atoms with Crippen LogP contribution in [0.1, 0.15) is 36.2 Å². The normalized spacial score (nSPS) is 14.7. The predicted molar refractivity (Wildman–Crippen MR) is 89.1 cm³/mol. The quantitative estimate of drug-likeness (QED) is 0.770. The Kier molecular flexibility index (Phi) is 5.12. The first-order valence-corrected chi connectivity index (χ1v) is 8.71. The van der Waals surface area contributed by atoms with E-state index < -0.39 is 17.8 Å². The molecule has 0 aliphatic heterocycles. The maximum Gasteiger partial charge on any atom is 0.435 e. The lowest BCUT2D eigenvalue weighted by Crippen LogP contribution is -2.22. The van der Waals surface area contributed by atoms with Gasteiger partial charge in [0.2, 0.25) is 5.91 Å². The molecule has 2 aromatic heterocycles. The number of carbonyl (C=O) groups excluding carboxylic acids is 1. The van der Waals surface area contributed by atoms with Gasteiger partial charge in [-0.25, -0.2) is 4.98 Å². The Morgan fingerprint density at radius 3 is 2.68 bits per heavy atom. The van der Waals surface area contributed by atoms with Crippen molar-refractivity contribution in [3.63, 3.8) is 0 Å². The predicted octanol–water partition coefficient (Wildman–Crippen LogP) is 3.97. The van der Waals surface area contributed by atoms with Crippen molar-refractivity contribution in [3.05, 3.63) is 39.8 Å². The molecule has 0 saturated carbocycles. The molecule has 0 spiro atoms. The zero-order chi connectivity index (χ0) is 18.0. The summed E-state index contributed by atoms with van der Waals surface area (Å²) in [6.45, 7) is -0.268. The number of halogens is 4. The van der Waals surface area contributed by atoms with Crippen molar-refractivity contribution < 1.29 is 18.0 Å². The third-order valence-corrected chi connectivity index (χ3v) is 4.53. The molecule has 25 heavy (non-hydrogen) atoms. The summed E-state index contributed by atoms with van der Waals surface area (Å²) >= 11 is 3.24. The molecule has 0 fully saturated rings. The summed E-state index contributed by atoms with van der Waals surface area (Å²) in [5.74, 6) is -0.124. The Bertz CT molecular complexity index is 771. The van der Waals surface area contributed by atoms with E-state index in [0.717, 1.165) is 17.3 Å². The molecule has 1 aliphatic carbocycles. The lowest BCUT2D eigenvalue weighted by molar-refractivity contribution is -0.142. The summed E-state index contributed by atoms with van der Waals surface area (Å²) < 4.78 is 41.7. The molecule has 9 heteroatoms. The van der Waals surface area contributed by atoms with Crippen LogP contribution in [-0.4, -0.2) is 20.7 Å². The van der Waals surface area contributed by atoms with Gasteiger partial charge in [-0.05, 0) is 53.7 Å². The molecule has 0 atom stereocenters. The highest BCUT2D eigenvalue weighted by molar-refractivity contribution is 9.10.